The molecular formula is C21H19NO2. The first-order valence-electron chi connectivity index (χ1n) is 7.83. The Labute approximate surface area is 141 Å². The van der Waals surface area contributed by atoms with Crippen LogP contribution in [0.25, 0.3) is 0 Å². The molecule has 1 N–H and O–H groups in total. The Hall–Kier alpha value is -3.07. The van der Waals surface area contributed by atoms with Gasteiger partial charge in [0, 0.05) is 0 Å². The summed E-state index contributed by atoms with van der Waals surface area (Å²) < 4.78 is 5.30. The van der Waals surface area contributed by atoms with Crippen LogP contribution in [0.1, 0.15) is 27.5 Å². The molecule has 0 aliphatic rings. The van der Waals surface area contributed by atoms with E-state index in [0.717, 1.165) is 11.1 Å². The van der Waals surface area contributed by atoms with Gasteiger partial charge in [-0.25, -0.2) is 0 Å². The van der Waals surface area contributed by atoms with Crippen LogP contribution in [0, 0.1) is 0 Å². The van der Waals surface area contributed by atoms with Crippen molar-refractivity contribution in [3.63, 3.8) is 0 Å². The predicted molar refractivity (Wildman–Crippen MR) is 95.2 cm³/mol. The third-order valence-electron chi connectivity index (χ3n) is 3.89. The van der Waals surface area contributed by atoms with Crippen molar-refractivity contribution >= 4 is 5.91 Å². The van der Waals surface area contributed by atoms with E-state index in [9.17, 15) is 4.79 Å². The van der Waals surface area contributed by atoms with Crippen LogP contribution >= 0.6 is 0 Å². The fourth-order valence-corrected chi connectivity index (χ4v) is 2.69. The molecule has 3 heteroatoms. The van der Waals surface area contributed by atoms with E-state index in [1.807, 2.05) is 72.8 Å². The lowest BCUT2D eigenvalue weighted by atomic mass is 9.98. The molecule has 0 aromatic heterocycles. The minimum absolute atomic E-state index is 0.162. The van der Waals surface area contributed by atoms with Crippen LogP contribution in [0.3, 0.4) is 0 Å². The van der Waals surface area contributed by atoms with Crippen molar-refractivity contribution in [3.8, 4) is 5.75 Å². The fourth-order valence-electron chi connectivity index (χ4n) is 2.69. The van der Waals surface area contributed by atoms with Gasteiger partial charge >= 0.3 is 0 Å². The molecule has 120 valence electrons. The number of carbonyl (C=O) groups is 1. The van der Waals surface area contributed by atoms with Crippen molar-refractivity contribution in [3.05, 3.63) is 102 Å². The Morgan fingerprint density at radius 1 is 0.792 bits per heavy atom. The minimum atomic E-state index is -0.218. The predicted octanol–water partition coefficient (Wildman–Crippen LogP) is 4.21. The van der Waals surface area contributed by atoms with E-state index in [2.05, 4.69) is 5.32 Å². The van der Waals surface area contributed by atoms with E-state index in [0.29, 0.717) is 11.3 Å². The number of methoxy groups -OCH3 is 1. The molecule has 0 heterocycles. The van der Waals surface area contributed by atoms with Gasteiger partial charge in [-0.2, -0.15) is 0 Å². The number of amides is 1. The van der Waals surface area contributed by atoms with Crippen LogP contribution in [0.15, 0.2) is 84.9 Å². The summed E-state index contributed by atoms with van der Waals surface area (Å²) >= 11 is 0. The summed E-state index contributed by atoms with van der Waals surface area (Å²) in [5.41, 5.74) is 2.59. The van der Waals surface area contributed by atoms with Gasteiger partial charge in [0.1, 0.15) is 5.75 Å². The standard InChI is InChI=1S/C21H19NO2/c1-24-19-15-9-8-14-18(19)21(23)22-20(16-10-4-2-5-11-16)17-12-6-3-7-13-17/h2-15,20H,1H3,(H,22,23). The van der Waals surface area contributed by atoms with E-state index < -0.39 is 0 Å². The Morgan fingerprint density at radius 2 is 1.29 bits per heavy atom. The van der Waals surface area contributed by atoms with Crippen LogP contribution in [0.5, 0.6) is 5.75 Å². The summed E-state index contributed by atoms with van der Waals surface area (Å²) in [5, 5.41) is 3.12. The molecule has 0 aliphatic heterocycles. The number of hydrogen-bond acceptors (Lipinski definition) is 2. The highest BCUT2D eigenvalue weighted by atomic mass is 16.5. The maximum absolute atomic E-state index is 12.8. The van der Waals surface area contributed by atoms with Gasteiger partial charge in [0.25, 0.3) is 5.91 Å². The molecule has 1 amide bonds. The topological polar surface area (TPSA) is 38.3 Å². The highest BCUT2D eigenvalue weighted by Crippen LogP contribution is 2.24. The first kappa shape index (κ1) is 15.8. The van der Waals surface area contributed by atoms with Gasteiger partial charge in [0.2, 0.25) is 0 Å². The van der Waals surface area contributed by atoms with Crippen molar-refractivity contribution in [2.75, 3.05) is 7.11 Å². The molecule has 0 saturated heterocycles. The third-order valence-corrected chi connectivity index (χ3v) is 3.89. The molecule has 3 rings (SSSR count). The van der Waals surface area contributed by atoms with Gasteiger partial charge in [-0.1, -0.05) is 72.8 Å². The van der Waals surface area contributed by atoms with E-state index in [4.69, 9.17) is 4.74 Å². The summed E-state index contributed by atoms with van der Waals surface area (Å²) in [7, 11) is 1.57. The lowest BCUT2D eigenvalue weighted by molar-refractivity contribution is 0.0940. The van der Waals surface area contributed by atoms with E-state index in [-0.39, 0.29) is 11.9 Å². The second kappa shape index (κ2) is 7.47. The normalized spacial score (nSPS) is 10.4. The van der Waals surface area contributed by atoms with Crippen LogP contribution < -0.4 is 10.1 Å². The first-order valence-corrected chi connectivity index (χ1v) is 7.83. The molecule has 0 fully saturated rings. The monoisotopic (exact) mass is 317 g/mol. The smallest absolute Gasteiger partial charge is 0.255 e. The third kappa shape index (κ3) is 3.46. The Bertz CT molecular complexity index is 761. The van der Waals surface area contributed by atoms with Crippen molar-refractivity contribution < 1.29 is 9.53 Å². The molecule has 24 heavy (non-hydrogen) atoms. The number of rotatable bonds is 5. The average molecular weight is 317 g/mol. The van der Waals surface area contributed by atoms with Crippen LogP contribution in [-0.4, -0.2) is 13.0 Å². The molecule has 0 atom stereocenters. The summed E-state index contributed by atoms with van der Waals surface area (Å²) in [6.07, 6.45) is 0. The number of para-hydroxylation sites is 1. The molecule has 3 nitrogen and oxygen atoms in total. The fraction of sp³-hybridized carbons (Fsp3) is 0.0952. The number of ether oxygens (including phenoxy) is 1. The Morgan fingerprint density at radius 3 is 1.83 bits per heavy atom. The molecule has 3 aromatic rings. The zero-order valence-electron chi connectivity index (χ0n) is 13.5. The average Bonchev–Trinajstić information content (AvgIpc) is 2.67. The molecule has 0 unspecified atom stereocenters. The summed E-state index contributed by atoms with van der Waals surface area (Å²) in [5.74, 6) is 0.403. The second-order valence-corrected chi connectivity index (χ2v) is 5.43. The lowest BCUT2D eigenvalue weighted by Crippen LogP contribution is -2.29. The maximum atomic E-state index is 12.8. The highest BCUT2D eigenvalue weighted by Gasteiger charge is 2.19. The van der Waals surface area contributed by atoms with Crippen molar-refractivity contribution in [1.29, 1.82) is 0 Å². The van der Waals surface area contributed by atoms with E-state index >= 15 is 0 Å². The number of nitrogens with one attached hydrogen (secondary N) is 1. The molecule has 3 aromatic carbocycles. The number of hydrogen-bond donors (Lipinski definition) is 1. The first-order chi connectivity index (χ1) is 11.8. The molecule has 0 spiro atoms. The molecule has 0 saturated carbocycles. The number of carbonyl (C=O) groups excluding carboxylic acids is 1. The quantitative estimate of drug-likeness (QED) is 0.765. The lowest BCUT2D eigenvalue weighted by Gasteiger charge is -2.20. The summed E-state index contributed by atoms with van der Waals surface area (Å²) in [4.78, 5) is 12.8. The van der Waals surface area contributed by atoms with Gasteiger partial charge in [0.15, 0.2) is 0 Å². The molecule has 0 radical (unpaired) electrons. The van der Waals surface area contributed by atoms with Gasteiger partial charge in [-0.3, -0.25) is 4.79 Å². The maximum Gasteiger partial charge on any atom is 0.255 e. The molecule has 0 bridgehead atoms. The van der Waals surface area contributed by atoms with Crippen LogP contribution in [0.2, 0.25) is 0 Å². The van der Waals surface area contributed by atoms with E-state index in [1.165, 1.54) is 0 Å². The Balaban J connectivity index is 1.94. The Kier molecular flexibility index (Phi) is 4.92. The zero-order valence-corrected chi connectivity index (χ0v) is 13.5. The van der Waals surface area contributed by atoms with Crippen LogP contribution in [-0.2, 0) is 0 Å². The zero-order chi connectivity index (χ0) is 16.8. The largest absolute Gasteiger partial charge is 0.496 e. The van der Waals surface area contributed by atoms with Gasteiger partial charge in [-0.05, 0) is 23.3 Å². The van der Waals surface area contributed by atoms with Crippen molar-refractivity contribution in [2.45, 2.75) is 6.04 Å². The van der Waals surface area contributed by atoms with Crippen molar-refractivity contribution in [1.82, 2.24) is 5.32 Å². The van der Waals surface area contributed by atoms with Crippen LogP contribution in [0.4, 0.5) is 0 Å². The van der Waals surface area contributed by atoms with E-state index in [1.54, 1.807) is 19.2 Å². The number of benzene rings is 3. The molecular weight excluding hydrogens is 298 g/mol. The summed E-state index contributed by atoms with van der Waals surface area (Å²) in [6.45, 7) is 0. The highest BCUT2D eigenvalue weighted by molar-refractivity contribution is 5.97. The molecule has 0 aliphatic carbocycles. The van der Waals surface area contributed by atoms with Crippen molar-refractivity contribution in [2.24, 2.45) is 0 Å². The van der Waals surface area contributed by atoms with Gasteiger partial charge in [-0.15, -0.1) is 0 Å². The van der Waals surface area contributed by atoms with Gasteiger partial charge < -0.3 is 10.1 Å². The SMILES string of the molecule is COc1ccccc1C(=O)NC(c1ccccc1)c1ccccc1. The van der Waals surface area contributed by atoms with Gasteiger partial charge in [0.05, 0.1) is 18.7 Å². The minimum Gasteiger partial charge on any atom is -0.496 e. The second-order valence-electron chi connectivity index (χ2n) is 5.43. The summed E-state index contributed by atoms with van der Waals surface area (Å²) in [6, 6.07) is 26.9.